The van der Waals surface area contributed by atoms with Crippen LogP contribution in [0.2, 0.25) is 0 Å². The van der Waals surface area contributed by atoms with Gasteiger partial charge < -0.3 is 5.11 Å². The number of alkyl halides is 1. The average Bonchev–Trinajstić information content (AvgIpc) is 2.26. The molecule has 15 heavy (non-hydrogen) atoms. The molecule has 0 aromatic heterocycles. The Morgan fingerprint density at radius 2 is 1.67 bits per heavy atom. The zero-order valence-corrected chi connectivity index (χ0v) is 9.58. The second-order valence-electron chi connectivity index (χ2n) is 4.01. The van der Waals surface area contributed by atoms with Crippen LogP contribution < -0.4 is 0 Å². The fraction of sp³-hybridized carbons (Fsp3) is 0.917. The molecule has 0 rings (SSSR count). The van der Waals surface area contributed by atoms with Gasteiger partial charge in [-0.05, 0) is 6.42 Å². The lowest BCUT2D eigenvalue weighted by atomic mass is 10.0. The smallest absolute Gasteiger partial charge is 0.211 e. The number of aliphatic hydroxyl groups is 1. The number of rotatable bonds is 9. The van der Waals surface area contributed by atoms with Crippen LogP contribution in [0, 0.1) is 11.3 Å². The van der Waals surface area contributed by atoms with Crippen LogP contribution in [0.5, 0.6) is 0 Å². The maximum absolute atomic E-state index is 12.6. The van der Waals surface area contributed by atoms with Gasteiger partial charge in [0.25, 0.3) is 0 Å². The van der Waals surface area contributed by atoms with E-state index in [0.717, 1.165) is 19.3 Å². The van der Waals surface area contributed by atoms with Gasteiger partial charge in [0.05, 0.1) is 6.10 Å². The number of hydrogen-bond acceptors (Lipinski definition) is 2. The quantitative estimate of drug-likeness (QED) is 0.599. The Hall–Kier alpha value is -0.620. The normalized spacial score (nSPS) is 14.5. The molecule has 3 heteroatoms. The summed E-state index contributed by atoms with van der Waals surface area (Å²) in [6.07, 6.45) is 5.60. The highest BCUT2D eigenvalue weighted by Crippen LogP contribution is 2.12. The predicted molar refractivity (Wildman–Crippen MR) is 59.1 cm³/mol. The topological polar surface area (TPSA) is 44.0 Å². The van der Waals surface area contributed by atoms with Gasteiger partial charge in [-0.2, -0.15) is 5.26 Å². The van der Waals surface area contributed by atoms with Crippen molar-refractivity contribution in [1.82, 2.24) is 0 Å². The van der Waals surface area contributed by atoms with Crippen LogP contribution in [0.15, 0.2) is 0 Å². The molecule has 0 bridgehead atoms. The van der Waals surface area contributed by atoms with Crippen LogP contribution in [0.1, 0.15) is 58.3 Å². The monoisotopic (exact) mass is 215 g/mol. The average molecular weight is 215 g/mol. The van der Waals surface area contributed by atoms with E-state index in [1.165, 1.54) is 31.8 Å². The summed E-state index contributed by atoms with van der Waals surface area (Å²) in [5.41, 5.74) is 0. The Kier molecular flexibility index (Phi) is 9.51. The van der Waals surface area contributed by atoms with Crippen molar-refractivity contribution >= 4 is 0 Å². The van der Waals surface area contributed by atoms with Crippen molar-refractivity contribution in [3.05, 3.63) is 0 Å². The van der Waals surface area contributed by atoms with Crippen molar-refractivity contribution in [3.63, 3.8) is 0 Å². The lowest BCUT2D eigenvalue weighted by Gasteiger charge is -2.09. The van der Waals surface area contributed by atoms with Crippen LogP contribution in [0.25, 0.3) is 0 Å². The first-order chi connectivity index (χ1) is 7.22. The van der Waals surface area contributed by atoms with E-state index in [-0.39, 0.29) is 0 Å². The highest BCUT2D eigenvalue weighted by Gasteiger charge is 2.16. The van der Waals surface area contributed by atoms with Gasteiger partial charge >= 0.3 is 0 Å². The van der Waals surface area contributed by atoms with Gasteiger partial charge in [-0.1, -0.05) is 51.9 Å². The summed E-state index contributed by atoms with van der Waals surface area (Å²) in [6, 6.07) is 1.42. The lowest BCUT2D eigenvalue weighted by Crippen LogP contribution is -2.19. The molecule has 2 nitrogen and oxygen atoms in total. The predicted octanol–water partition coefficient (Wildman–Crippen LogP) is 3.35. The minimum absolute atomic E-state index is 0.405. The zero-order valence-electron chi connectivity index (χ0n) is 9.58. The summed E-state index contributed by atoms with van der Waals surface area (Å²) in [5.74, 6) is 0. The first kappa shape index (κ1) is 14.4. The Bertz CT molecular complexity index is 179. The first-order valence-electron chi connectivity index (χ1n) is 5.94. The number of unbranched alkanes of at least 4 members (excludes halogenated alkanes) is 6. The van der Waals surface area contributed by atoms with Gasteiger partial charge in [0.15, 0.2) is 0 Å². The van der Waals surface area contributed by atoms with E-state index in [9.17, 15) is 4.39 Å². The standard InChI is InChI=1S/C12H22FNO/c1-2-3-4-5-6-7-8-9-12(15)11(13)10-14/h11-12,15H,2-9H2,1H3. The zero-order chi connectivity index (χ0) is 11.5. The van der Waals surface area contributed by atoms with Crippen LogP contribution in [0.4, 0.5) is 4.39 Å². The lowest BCUT2D eigenvalue weighted by molar-refractivity contribution is 0.0958. The van der Waals surface area contributed by atoms with E-state index in [1.807, 2.05) is 0 Å². The summed E-state index contributed by atoms with van der Waals surface area (Å²) >= 11 is 0. The summed E-state index contributed by atoms with van der Waals surface area (Å²) in [6.45, 7) is 2.18. The van der Waals surface area contributed by atoms with Crippen molar-refractivity contribution in [2.24, 2.45) is 0 Å². The molecule has 0 heterocycles. The van der Waals surface area contributed by atoms with Gasteiger partial charge in [-0.3, -0.25) is 0 Å². The van der Waals surface area contributed by atoms with Crippen molar-refractivity contribution in [2.75, 3.05) is 0 Å². The number of nitrogens with zero attached hydrogens (tertiary/aromatic N) is 1. The minimum Gasteiger partial charge on any atom is -0.389 e. The Morgan fingerprint density at radius 1 is 1.13 bits per heavy atom. The van der Waals surface area contributed by atoms with Gasteiger partial charge in [0.2, 0.25) is 6.17 Å². The first-order valence-corrected chi connectivity index (χ1v) is 5.94. The highest BCUT2D eigenvalue weighted by molar-refractivity contribution is 4.88. The molecule has 0 aromatic carbocycles. The molecule has 0 aliphatic carbocycles. The molecule has 0 aliphatic heterocycles. The second-order valence-corrected chi connectivity index (χ2v) is 4.01. The molecule has 88 valence electrons. The molecule has 2 atom stereocenters. The number of halogens is 1. The van der Waals surface area contributed by atoms with E-state index in [0.29, 0.717) is 6.42 Å². The highest BCUT2D eigenvalue weighted by atomic mass is 19.1. The van der Waals surface area contributed by atoms with Gasteiger partial charge in [-0.15, -0.1) is 0 Å². The summed E-state index contributed by atoms with van der Waals surface area (Å²) < 4.78 is 12.6. The maximum Gasteiger partial charge on any atom is 0.211 e. The van der Waals surface area contributed by atoms with E-state index in [1.54, 1.807) is 0 Å². The molecule has 2 unspecified atom stereocenters. The van der Waals surface area contributed by atoms with Crippen molar-refractivity contribution in [3.8, 4) is 6.07 Å². The minimum atomic E-state index is -1.72. The molecule has 0 amide bonds. The molecular formula is C12H22FNO. The van der Waals surface area contributed by atoms with Gasteiger partial charge in [-0.25, -0.2) is 4.39 Å². The maximum atomic E-state index is 12.6. The van der Waals surface area contributed by atoms with E-state index >= 15 is 0 Å². The van der Waals surface area contributed by atoms with Crippen LogP contribution in [-0.2, 0) is 0 Å². The molecule has 0 saturated carbocycles. The molecule has 0 fully saturated rings. The third-order valence-electron chi connectivity index (χ3n) is 2.56. The van der Waals surface area contributed by atoms with Crippen LogP contribution >= 0.6 is 0 Å². The molecule has 0 aromatic rings. The Morgan fingerprint density at radius 3 is 2.20 bits per heavy atom. The number of nitriles is 1. The SMILES string of the molecule is CCCCCCCCCC(O)C(F)C#N. The molecule has 1 N–H and O–H groups in total. The van der Waals surface area contributed by atoms with Gasteiger partial charge in [0, 0.05) is 0 Å². The number of aliphatic hydroxyl groups excluding tert-OH is 1. The van der Waals surface area contributed by atoms with E-state index in [4.69, 9.17) is 10.4 Å². The molecule has 0 aliphatic rings. The van der Waals surface area contributed by atoms with E-state index < -0.39 is 12.3 Å². The van der Waals surface area contributed by atoms with Crippen molar-refractivity contribution < 1.29 is 9.50 Å². The van der Waals surface area contributed by atoms with Crippen molar-refractivity contribution in [1.29, 1.82) is 5.26 Å². The Balaban J connectivity index is 3.21. The third kappa shape index (κ3) is 8.38. The fourth-order valence-corrected chi connectivity index (χ4v) is 1.54. The summed E-state index contributed by atoms with van der Waals surface area (Å²) in [5, 5.41) is 17.4. The number of hydrogen-bond donors (Lipinski definition) is 1. The molecule has 0 radical (unpaired) electrons. The Labute approximate surface area is 92.1 Å². The largest absolute Gasteiger partial charge is 0.389 e. The van der Waals surface area contributed by atoms with Crippen LogP contribution in [0.3, 0.4) is 0 Å². The third-order valence-corrected chi connectivity index (χ3v) is 2.56. The molecule has 0 saturated heterocycles. The molecule has 0 spiro atoms. The fourth-order valence-electron chi connectivity index (χ4n) is 1.54. The summed E-state index contributed by atoms with van der Waals surface area (Å²) in [7, 11) is 0. The van der Waals surface area contributed by atoms with Crippen LogP contribution in [-0.4, -0.2) is 17.4 Å². The summed E-state index contributed by atoms with van der Waals surface area (Å²) in [4.78, 5) is 0. The molecular weight excluding hydrogens is 193 g/mol. The second kappa shape index (κ2) is 9.92. The van der Waals surface area contributed by atoms with Crippen molar-refractivity contribution in [2.45, 2.75) is 70.6 Å². The van der Waals surface area contributed by atoms with Gasteiger partial charge in [0.1, 0.15) is 6.07 Å². The van der Waals surface area contributed by atoms with E-state index in [2.05, 4.69) is 6.92 Å².